The summed E-state index contributed by atoms with van der Waals surface area (Å²) in [5.74, 6) is 0. The molecule has 1 aliphatic heterocycles. The maximum absolute atomic E-state index is 11.8. The number of thiophene rings is 1. The molecular formula is C19H20N4OS. The molecule has 1 aliphatic rings. The minimum atomic E-state index is 0.0252. The Balaban J connectivity index is 1.70. The number of urea groups is 1. The average molecular weight is 352 g/mol. The zero-order chi connectivity index (χ0) is 17.2. The summed E-state index contributed by atoms with van der Waals surface area (Å²) in [6.45, 7) is 5.06. The quantitative estimate of drug-likeness (QED) is 0.762. The Morgan fingerprint density at radius 3 is 2.72 bits per heavy atom. The van der Waals surface area contributed by atoms with Crippen molar-refractivity contribution in [2.75, 3.05) is 19.6 Å². The van der Waals surface area contributed by atoms with Crippen LogP contribution in [0.25, 0.3) is 21.8 Å². The van der Waals surface area contributed by atoms with E-state index < -0.39 is 0 Å². The van der Waals surface area contributed by atoms with Crippen molar-refractivity contribution in [3.05, 3.63) is 53.7 Å². The van der Waals surface area contributed by atoms with E-state index in [9.17, 15) is 4.79 Å². The molecule has 0 unspecified atom stereocenters. The van der Waals surface area contributed by atoms with E-state index in [2.05, 4.69) is 40.4 Å². The van der Waals surface area contributed by atoms with Crippen molar-refractivity contribution in [2.45, 2.75) is 13.5 Å². The van der Waals surface area contributed by atoms with Crippen LogP contribution >= 0.6 is 11.3 Å². The first-order valence-corrected chi connectivity index (χ1v) is 9.30. The van der Waals surface area contributed by atoms with Crippen molar-refractivity contribution in [3.8, 4) is 21.8 Å². The molecule has 0 spiro atoms. The number of carbonyl (C=O) groups is 1. The largest absolute Gasteiger partial charge is 0.336 e. The lowest BCUT2D eigenvalue weighted by atomic mass is 10.1. The monoisotopic (exact) mass is 352 g/mol. The third kappa shape index (κ3) is 3.05. The molecule has 0 bridgehead atoms. The Morgan fingerprint density at radius 1 is 1.20 bits per heavy atom. The number of benzene rings is 1. The van der Waals surface area contributed by atoms with Crippen LogP contribution in [0.4, 0.5) is 4.79 Å². The lowest BCUT2D eigenvalue weighted by molar-refractivity contribution is 0.215. The van der Waals surface area contributed by atoms with Gasteiger partial charge in [-0.2, -0.15) is 0 Å². The summed E-state index contributed by atoms with van der Waals surface area (Å²) in [5, 5.41) is 4.97. The molecule has 1 fully saturated rings. The van der Waals surface area contributed by atoms with E-state index in [4.69, 9.17) is 4.98 Å². The lowest BCUT2D eigenvalue weighted by Gasteiger charge is -2.16. The molecule has 2 amide bonds. The van der Waals surface area contributed by atoms with Crippen LogP contribution in [-0.4, -0.2) is 40.1 Å². The van der Waals surface area contributed by atoms with Crippen LogP contribution in [0, 0.1) is 6.92 Å². The van der Waals surface area contributed by atoms with Gasteiger partial charge in [-0.25, -0.2) is 9.78 Å². The Labute approximate surface area is 150 Å². The predicted molar refractivity (Wildman–Crippen MR) is 101 cm³/mol. The van der Waals surface area contributed by atoms with E-state index in [-0.39, 0.29) is 6.03 Å². The normalized spacial score (nSPS) is 14.1. The van der Waals surface area contributed by atoms with Crippen molar-refractivity contribution >= 4 is 17.4 Å². The highest BCUT2D eigenvalue weighted by Gasteiger charge is 2.21. The maximum Gasteiger partial charge on any atom is 0.317 e. The molecule has 2 aromatic heterocycles. The number of nitrogens with one attached hydrogen (secondary N) is 1. The summed E-state index contributed by atoms with van der Waals surface area (Å²) in [4.78, 5) is 19.6. The van der Waals surface area contributed by atoms with Crippen LogP contribution in [0.15, 0.2) is 48.1 Å². The average Bonchev–Trinajstić information content (AvgIpc) is 3.33. The molecule has 0 aliphatic carbocycles. The van der Waals surface area contributed by atoms with E-state index in [1.54, 1.807) is 11.3 Å². The summed E-state index contributed by atoms with van der Waals surface area (Å²) in [6, 6.07) is 12.4. The third-order valence-electron chi connectivity index (χ3n) is 4.52. The van der Waals surface area contributed by atoms with Gasteiger partial charge in [0.15, 0.2) is 0 Å². The highest BCUT2D eigenvalue weighted by atomic mass is 32.1. The second kappa shape index (κ2) is 6.72. The van der Waals surface area contributed by atoms with Gasteiger partial charge in [-0.05, 0) is 23.9 Å². The molecule has 1 N–H and O–H groups in total. The van der Waals surface area contributed by atoms with Gasteiger partial charge < -0.3 is 14.8 Å². The molecule has 3 aromatic rings. The van der Waals surface area contributed by atoms with Gasteiger partial charge in [-0.3, -0.25) is 0 Å². The number of hydrogen-bond donors (Lipinski definition) is 1. The number of aryl methyl sites for hydroxylation is 1. The standard InChI is InChI=1S/C19H20N4OS/c1-14-7-12-25-18(14)17-16(15-5-3-2-4-6-15)21-13-23(17)11-10-22-9-8-20-19(22)24/h2-7,12-13H,8-11H2,1H3,(H,20,24). The van der Waals surface area contributed by atoms with Crippen molar-refractivity contribution in [1.29, 1.82) is 0 Å². The van der Waals surface area contributed by atoms with Crippen LogP contribution in [0.1, 0.15) is 5.56 Å². The van der Waals surface area contributed by atoms with Gasteiger partial charge in [0.25, 0.3) is 0 Å². The first kappa shape index (κ1) is 15.9. The van der Waals surface area contributed by atoms with Gasteiger partial charge in [0.1, 0.15) is 0 Å². The van der Waals surface area contributed by atoms with E-state index in [0.717, 1.165) is 36.6 Å². The van der Waals surface area contributed by atoms with E-state index in [1.807, 2.05) is 29.4 Å². The fourth-order valence-corrected chi connectivity index (χ4v) is 4.15. The summed E-state index contributed by atoms with van der Waals surface area (Å²) in [6.07, 6.45) is 1.89. The van der Waals surface area contributed by atoms with Crippen molar-refractivity contribution in [2.24, 2.45) is 0 Å². The first-order chi connectivity index (χ1) is 12.2. The van der Waals surface area contributed by atoms with Crippen LogP contribution in [0.5, 0.6) is 0 Å². The summed E-state index contributed by atoms with van der Waals surface area (Å²) >= 11 is 1.74. The number of hydrogen-bond acceptors (Lipinski definition) is 3. The van der Waals surface area contributed by atoms with E-state index in [1.165, 1.54) is 10.4 Å². The SMILES string of the molecule is Cc1ccsc1-c1c(-c2ccccc2)ncn1CCN1CCNC1=O. The number of carbonyl (C=O) groups excluding carboxylic acids is 1. The van der Waals surface area contributed by atoms with Gasteiger partial charge in [0.2, 0.25) is 0 Å². The summed E-state index contributed by atoms with van der Waals surface area (Å²) < 4.78 is 2.17. The summed E-state index contributed by atoms with van der Waals surface area (Å²) in [7, 11) is 0. The smallest absolute Gasteiger partial charge is 0.317 e. The molecular weight excluding hydrogens is 332 g/mol. The number of nitrogens with zero attached hydrogens (tertiary/aromatic N) is 3. The highest BCUT2D eigenvalue weighted by molar-refractivity contribution is 7.13. The van der Waals surface area contributed by atoms with Gasteiger partial charge in [0, 0.05) is 31.7 Å². The zero-order valence-electron chi connectivity index (χ0n) is 14.1. The van der Waals surface area contributed by atoms with Crippen LogP contribution in [-0.2, 0) is 6.54 Å². The third-order valence-corrected chi connectivity index (χ3v) is 5.54. The molecule has 4 rings (SSSR count). The molecule has 6 heteroatoms. The van der Waals surface area contributed by atoms with Crippen LogP contribution in [0.2, 0.25) is 0 Å². The maximum atomic E-state index is 11.8. The number of amides is 2. The molecule has 1 aromatic carbocycles. The number of aromatic nitrogens is 2. The lowest BCUT2D eigenvalue weighted by Crippen LogP contribution is -2.31. The first-order valence-electron chi connectivity index (χ1n) is 8.42. The fourth-order valence-electron chi connectivity index (χ4n) is 3.17. The topological polar surface area (TPSA) is 50.2 Å². The minimum Gasteiger partial charge on any atom is -0.336 e. The fraction of sp³-hybridized carbons (Fsp3) is 0.263. The Kier molecular flexibility index (Phi) is 4.28. The molecule has 0 saturated carbocycles. The Morgan fingerprint density at radius 2 is 2.04 bits per heavy atom. The second-order valence-corrected chi connectivity index (χ2v) is 7.07. The number of imidazole rings is 1. The van der Waals surface area contributed by atoms with Crippen LogP contribution < -0.4 is 5.32 Å². The molecule has 25 heavy (non-hydrogen) atoms. The Bertz CT molecular complexity index is 884. The van der Waals surface area contributed by atoms with Crippen molar-refractivity contribution < 1.29 is 4.79 Å². The van der Waals surface area contributed by atoms with Crippen LogP contribution in [0.3, 0.4) is 0 Å². The molecule has 3 heterocycles. The zero-order valence-corrected chi connectivity index (χ0v) is 14.9. The molecule has 0 radical (unpaired) electrons. The highest BCUT2D eigenvalue weighted by Crippen LogP contribution is 2.36. The molecule has 128 valence electrons. The minimum absolute atomic E-state index is 0.0252. The van der Waals surface area contributed by atoms with Crippen molar-refractivity contribution in [1.82, 2.24) is 19.8 Å². The van der Waals surface area contributed by atoms with E-state index in [0.29, 0.717) is 6.54 Å². The molecule has 0 atom stereocenters. The van der Waals surface area contributed by atoms with Gasteiger partial charge >= 0.3 is 6.03 Å². The van der Waals surface area contributed by atoms with E-state index >= 15 is 0 Å². The predicted octanol–water partition coefficient (Wildman–Crippen LogP) is 3.61. The second-order valence-electron chi connectivity index (χ2n) is 6.15. The summed E-state index contributed by atoms with van der Waals surface area (Å²) in [5.41, 5.74) is 4.50. The molecule has 5 nitrogen and oxygen atoms in total. The van der Waals surface area contributed by atoms with Gasteiger partial charge in [0.05, 0.1) is 22.6 Å². The van der Waals surface area contributed by atoms with Gasteiger partial charge in [-0.1, -0.05) is 30.3 Å². The van der Waals surface area contributed by atoms with Crippen molar-refractivity contribution in [3.63, 3.8) is 0 Å². The number of rotatable bonds is 5. The molecule has 1 saturated heterocycles. The van der Waals surface area contributed by atoms with Gasteiger partial charge in [-0.15, -0.1) is 11.3 Å². The Hall–Kier alpha value is -2.60.